The van der Waals surface area contributed by atoms with Gasteiger partial charge in [-0.3, -0.25) is 9.59 Å². The van der Waals surface area contributed by atoms with Gasteiger partial charge in [-0.2, -0.15) is 5.10 Å². The van der Waals surface area contributed by atoms with Gasteiger partial charge in [-0.15, -0.1) is 0 Å². The van der Waals surface area contributed by atoms with E-state index in [0.29, 0.717) is 35.2 Å². The number of carbonyl (C=O) groups is 2. The highest BCUT2D eigenvalue weighted by atomic mass is 35.5. The van der Waals surface area contributed by atoms with Crippen molar-refractivity contribution < 1.29 is 19.1 Å². The van der Waals surface area contributed by atoms with E-state index in [-0.39, 0.29) is 11.3 Å². The summed E-state index contributed by atoms with van der Waals surface area (Å²) in [7, 11) is 0. The molecule has 0 unspecified atom stereocenters. The van der Waals surface area contributed by atoms with Crippen LogP contribution in [0, 0.1) is 6.92 Å². The van der Waals surface area contributed by atoms with E-state index in [2.05, 4.69) is 10.4 Å². The number of ether oxygens (including phenoxy) is 2. The van der Waals surface area contributed by atoms with Crippen LogP contribution in [0.25, 0.3) is 0 Å². The molecular formula is C23H22ClN3O5. The average Bonchev–Trinajstić information content (AvgIpc) is 2.77. The zero-order valence-electron chi connectivity index (χ0n) is 17.6. The number of aromatic nitrogens is 2. The maximum atomic E-state index is 12.4. The molecule has 0 fully saturated rings. The first-order valence-corrected chi connectivity index (χ1v) is 10.3. The Kier molecular flexibility index (Phi) is 7.62. The highest BCUT2D eigenvalue weighted by molar-refractivity contribution is 6.31. The van der Waals surface area contributed by atoms with Crippen molar-refractivity contribution in [2.75, 3.05) is 11.9 Å². The Hall–Kier alpha value is -3.65. The Bertz CT molecular complexity index is 1170. The molecule has 0 bridgehead atoms. The summed E-state index contributed by atoms with van der Waals surface area (Å²) in [4.78, 5) is 36.3. The fourth-order valence-electron chi connectivity index (χ4n) is 2.74. The molecule has 32 heavy (non-hydrogen) atoms. The van der Waals surface area contributed by atoms with Crippen molar-refractivity contribution >= 4 is 29.2 Å². The van der Waals surface area contributed by atoms with Crippen molar-refractivity contribution in [1.29, 1.82) is 0 Å². The van der Waals surface area contributed by atoms with E-state index in [0.717, 1.165) is 5.56 Å². The van der Waals surface area contributed by atoms with Crippen molar-refractivity contribution in [1.82, 2.24) is 9.78 Å². The molecule has 166 valence electrons. The summed E-state index contributed by atoms with van der Waals surface area (Å²) in [5.74, 6) is -0.428. The van der Waals surface area contributed by atoms with Crippen LogP contribution < -0.4 is 15.6 Å². The lowest BCUT2D eigenvalue weighted by molar-refractivity contribution is -0.119. The molecule has 1 aromatic heterocycles. The molecule has 8 nitrogen and oxygen atoms in total. The third-order valence-electron chi connectivity index (χ3n) is 4.31. The maximum absolute atomic E-state index is 12.4. The van der Waals surface area contributed by atoms with Crippen molar-refractivity contribution in [2.45, 2.75) is 26.8 Å². The SMILES string of the molecule is CCCn1nc(C(=O)OCC(=O)Nc2cc(Cl)ccc2Oc2ccc(C)cc2)ccc1=O. The van der Waals surface area contributed by atoms with E-state index in [9.17, 15) is 14.4 Å². The molecule has 0 radical (unpaired) electrons. The first-order chi connectivity index (χ1) is 15.4. The van der Waals surface area contributed by atoms with Crippen LogP contribution in [-0.2, 0) is 16.1 Å². The monoisotopic (exact) mass is 455 g/mol. The maximum Gasteiger partial charge on any atom is 0.359 e. The molecule has 1 N–H and O–H groups in total. The Morgan fingerprint density at radius 2 is 1.84 bits per heavy atom. The van der Waals surface area contributed by atoms with Gasteiger partial charge in [0.05, 0.1) is 5.69 Å². The molecule has 0 aliphatic carbocycles. The van der Waals surface area contributed by atoms with Gasteiger partial charge in [0.2, 0.25) is 0 Å². The smallest absolute Gasteiger partial charge is 0.359 e. The minimum absolute atomic E-state index is 0.0583. The molecule has 2 aromatic carbocycles. The molecule has 0 saturated heterocycles. The van der Waals surface area contributed by atoms with Crippen molar-refractivity contribution in [3.8, 4) is 11.5 Å². The van der Waals surface area contributed by atoms with Crippen molar-refractivity contribution in [3.05, 3.63) is 81.2 Å². The van der Waals surface area contributed by atoms with Crippen molar-refractivity contribution in [3.63, 3.8) is 0 Å². The molecule has 0 aliphatic rings. The summed E-state index contributed by atoms with van der Waals surface area (Å²) in [6.07, 6.45) is 0.681. The van der Waals surface area contributed by atoms with Gasteiger partial charge in [0, 0.05) is 17.6 Å². The first-order valence-electron chi connectivity index (χ1n) is 9.95. The second-order valence-electron chi connectivity index (χ2n) is 6.96. The molecule has 3 rings (SSSR count). The normalized spacial score (nSPS) is 10.5. The fraction of sp³-hybridized carbons (Fsp3) is 0.217. The predicted molar refractivity (Wildman–Crippen MR) is 120 cm³/mol. The van der Waals surface area contributed by atoms with Gasteiger partial charge in [-0.25, -0.2) is 9.48 Å². The van der Waals surface area contributed by atoms with Gasteiger partial charge in [-0.1, -0.05) is 36.2 Å². The molecule has 3 aromatic rings. The third kappa shape index (κ3) is 6.18. The zero-order chi connectivity index (χ0) is 23.1. The van der Waals surface area contributed by atoms with Crippen LogP contribution in [0.4, 0.5) is 5.69 Å². The minimum Gasteiger partial charge on any atom is -0.455 e. The Balaban J connectivity index is 1.65. The topological polar surface area (TPSA) is 99.5 Å². The number of halogens is 1. The number of amides is 1. The number of aryl methyl sites for hydroxylation is 2. The third-order valence-corrected chi connectivity index (χ3v) is 4.55. The molecule has 0 saturated carbocycles. The largest absolute Gasteiger partial charge is 0.455 e. The van der Waals surface area contributed by atoms with E-state index in [4.69, 9.17) is 21.1 Å². The number of rotatable bonds is 8. The Morgan fingerprint density at radius 3 is 2.56 bits per heavy atom. The number of hydrogen-bond acceptors (Lipinski definition) is 6. The quantitative estimate of drug-likeness (QED) is 0.511. The van der Waals surface area contributed by atoms with Gasteiger partial charge < -0.3 is 14.8 Å². The predicted octanol–water partition coefficient (Wildman–Crippen LogP) is 4.20. The van der Waals surface area contributed by atoms with Crippen LogP contribution in [0.2, 0.25) is 5.02 Å². The highest BCUT2D eigenvalue weighted by Gasteiger charge is 2.15. The van der Waals surface area contributed by atoms with Gasteiger partial charge in [0.25, 0.3) is 11.5 Å². The molecule has 0 spiro atoms. The lowest BCUT2D eigenvalue weighted by Gasteiger charge is -2.13. The fourth-order valence-corrected chi connectivity index (χ4v) is 2.92. The molecule has 1 amide bonds. The summed E-state index contributed by atoms with van der Waals surface area (Å²) < 4.78 is 12.1. The lowest BCUT2D eigenvalue weighted by atomic mass is 10.2. The number of benzene rings is 2. The van der Waals surface area contributed by atoms with Crippen LogP contribution in [0.1, 0.15) is 29.4 Å². The summed E-state index contributed by atoms with van der Waals surface area (Å²) >= 11 is 6.06. The van der Waals surface area contributed by atoms with E-state index in [1.807, 2.05) is 38.1 Å². The summed E-state index contributed by atoms with van der Waals surface area (Å²) in [5.41, 5.74) is 1.04. The number of nitrogens with one attached hydrogen (secondary N) is 1. The van der Waals surface area contributed by atoms with Crippen LogP contribution in [-0.4, -0.2) is 28.3 Å². The van der Waals surface area contributed by atoms with Gasteiger partial charge >= 0.3 is 5.97 Å². The molecule has 1 heterocycles. The number of esters is 1. The second kappa shape index (κ2) is 10.6. The van der Waals surface area contributed by atoms with Gasteiger partial charge in [0.1, 0.15) is 5.75 Å². The average molecular weight is 456 g/mol. The van der Waals surface area contributed by atoms with E-state index in [1.165, 1.54) is 22.9 Å². The Labute approximate surface area is 189 Å². The Morgan fingerprint density at radius 1 is 1.09 bits per heavy atom. The summed E-state index contributed by atoms with van der Waals surface area (Å²) in [6.45, 7) is 3.67. The van der Waals surface area contributed by atoms with Gasteiger partial charge in [-0.05, 0) is 49.7 Å². The van der Waals surface area contributed by atoms with E-state index >= 15 is 0 Å². The van der Waals surface area contributed by atoms with E-state index < -0.39 is 18.5 Å². The van der Waals surface area contributed by atoms with Crippen LogP contribution in [0.5, 0.6) is 11.5 Å². The number of nitrogens with zero attached hydrogens (tertiary/aromatic N) is 2. The summed E-state index contributed by atoms with van der Waals surface area (Å²) in [6, 6.07) is 14.7. The molecular weight excluding hydrogens is 434 g/mol. The standard InChI is InChI=1S/C23H22ClN3O5/c1-3-12-27-22(29)11-9-18(26-27)23(30)31-14-21(28)25-19-13-16(24)6-10-20(19)32-17-7-4-15(2)5-8-17/h4-11,13H,3,12,14H2,1-2H3,(H,25,28). The second-order valence-corrected chi connectivity index (χ2v) is 7.40. The zero-order valence-corrected chi connectivity index (χ0v) is 18.4. The number of hydrogen-bond donors (Lipinski definition) is 1. The molecule has 0 aliphatic heterocycles. The van der Waals surface area contributed by atoms with Crippen molar-refractivity contribution in [2.24, 2.45) is 0 Å². The van der Waals surface area contributed by atoms with Crippen LogP contribution in [0.3, 0.4) is 0 Å². The van der Waals surface area contributed by atoms with Crippen LogP contribution >= 0.6 is 11.6 Å². The molecule has 9 heteroatoms. The molecule has 0 atom stereocenters. The minimum atomic E-state index is -0.813. The van der Waals surface area contributed by atoms with Crippen LogP contribution in [0.15, 0.2) is 59.4 Å². The number of carbonyl (C=O) groups excluding carboxylic acids is 2. The van der Waals surface area contributed by atoms with E-state index in [1.54, 1.807) is 12.1 Å². The highest BCUT2D eigenvalue weighted by Crippen LogP contribution is 2.32. The number of anilines is 1. The first kappa shape index (κ1) is 23.0. The van der Waals surface area contributed by atoms with Gasteiger partial charge in [0.15, 0.2) is 18.1 Å². The lowest BCUT2D eigenvalue weighted by Crippen LogP contribution is -2.26. The summed E-state index contributed by atoms with van der Waals surface area (Å²) in [5, 5.41) is 6.99.